The van der Waals surface area contributed by atoms with Gasteiger partial charge in [0.25, 0.3) is 5.91 Å². The lowest BCUT2D eigenvalue weighted by Crippen LogP contribution is -2.25. The number of carbonyl (C=O) groups is 2. The zero-order chi connectivity index (χ0) is 18.8. The van der Waals surface area contributed by atoms with Crippen molar-refractivity contribution in [2.75, 3.05) is 16.8 Å². The van der Waals surface area contributed by atoms with Crippen molar-refractivity contribution in [2.45, 2.75) is 12.8 Å². The molecule has 136 valence electrons. The van der Waals surface area contributed by atoms with Gasteiger partial charge in [0.2, 0.25) is 5.91 Å². The first-order valence-electron chi connectivity index (χ1n) is 8.54. The van der Waals surface area contributed by atoms with Crippen molar-refractivity contribution >= 4 is 46.1 Å². The second-order valence-corrected chi connectivity index (χ2v) is 7.46. The van der Waals surface area contributed by atoms with Crippen molar-refractivity contribution in [3.63, 3.8) is 0 Å². The van der Waals surface area contributed by atoms with Gasteiger partial charge in [-0.1, -0.05) is 35.9 Å². The predicted octanol–water partition coefficient (Wildman–Crippen LogP) is 4.84. The number of aromatic nitrogens is 1. The van der Waals surface area contributed by atoms with Gasteiger partial charge in [-0.2, -0.15) is 0 Å². The molecule has 2 aromatic carbocycles. The number of thiazole rings is 1. The summed E-state index contributed by atoms with van der Waals surface area (Å²) in [4.78, 5) is 30.9. The Kier molecular flexibility index (Phi) is 4.92. The molecular weight excluding hydrogens is 382 g/mol. The van der Waals surface area contributed by atoms with Crippen molar-refractivity contribution in [2.24, 2.45) is 0 Å². The molecule has 0 aliphatic carbocycles. The Morgan fingerprint density at radius 2 is 1.93 bits per heavy atom. The van der Waals surface area contributed by atoms with Gasteiger partial charge in [0.1, 0.15) is 10.7 Å². The Labute approximate surface area is 165 Å². The van der Waals surface area contributed by atoms with E-state index in [1.807, 2.05) is 30.3 Å². The standard InChI is InChI=1S/C20H16ClN3O2S/c21-14-9-7-13(8-10-14)20-23-16(12-27-20)19(26)22-15-4-1-2-5-17(15)24-11-3-6-18(24)25/h1-2,4-5,7-10,12H,3,6,11H2,(H,22,26). The summed E-state index contributed by atoms with van der Waals surface area (Å²) in [6.07, 6.45) is 1.37. The first-order chi connectivity index (χ1) is 13.1. The van der Waals surface area contributed by atoms with E-state index in [4.69, 9.17) is 11.6 Å². The fraction of sp³-hybridized carbons (Fsp3) is 0.150. The largest absolute Gasteiger partial charge is 0.319 e. The molecule has 0 spiro atoms. The van der Waals surface area contributed by atoms with Gasteiger partial charge in [-0.05, 0) is 30.7 Å². The summed E-state index contributed by atoms with van der Waals surface area (Å²) in [7, 11) is 0. The minimum absolute atomic E-state index is 0.0791. The third kappa shape index (κ3) is 3.72. The van der Waals surface area contributed by atoms with Crippen LogP contribution in [-0.2, 0) is 4.79 Å². The lowest BCUT2D eigenvalue weighted by atomic mass is 10.2. The smallest absolute Gasteiger partial charge is 0.275 e. The van der Waals surface area contributed by atoms with Crippen LogP contribution in [0, 0.1) is 0 Å². The third-order valence-electron chi connectivity index (χ3n) is 4.34. The molecule has 1 aliphatic heterocycles. The summed E-state index contributed by atoms with van der Waals surface area (Å²) < 4.78 is 0. The van der Waals surface area contributed by atoms with E-state index >= 15 is 0 Å². The van der Waals surface area contributed by atoms with Crippen LogP contribution in [0.25, 0.3) is 10.6 Å². The quantitative estimate of drug-likeness (QED) is 0.685. The normalized spacial score (nSPS) is 13.8. The maximum atomic E-state index is 12.7. The van der Waals surface area contributed by atoms with Crippen molar-refractivity contribution in [3.8, 4) is 10.6 Å². The molecule has 0 radical (unpaired) electrons. The first-order valence-corrected chi connectivity index (χ1v) is 9.80. The number of carbonyl (C=O) groups excluding carboxylic acids is 2. The van der Waals surface area contributed by atoms with Gasteiger partial charge in [-0.3, -0.25) is 9.59 Å². The van der Waals surface area contributed by atoms with Crippen molar-refractivity contribution in [1.29, 1.82) is 0 Å². The van der Waals surface area contributed by atoms with Crippen LogP contribution in [0.2, 0.25) is 5.02 Å². The fourth-order valence-corrected chi connectivity index (χ4v) is 3.94. The molecule has 0 unspecified atom stereocenters. The zero-order valence-electron chi connectivity index (χ0n) is 14.3. The molecule has 2 heterocycles. The summed E-state index contributed by atoms with van der Waals surface area (Å²) in [6, 6.07) is 14.7. The van der Waals surface area contributed by atoms with Crippen LogP contribution < -0.4 is 10.2 Å². The average molecular weight is 398 g/mol. The van der Waals surface area contributed by atoms with Gasteiger partial charge in [-0.25, -0.2) is 4.98 Å². The van der Waals surface area contributed by atoms with E-state index in [9.17, 15) is 9.59 Å². The fourth-order valence-electron chi connectivity index (χ4n) is 3.01. The van der Waals surface area contributed by atoms with E-state index in [0.29, 0.717) is 29.4 Å². The number of para-hydroxylation sites is 2. The highest BCUT2D eigenvalue weighted by Crippen LogP contribution is 2.30. The topological polar surface area (TPSA) is 62.3 Å². The number of hydrogen-bond donors (Lipinski definition) is 1. The monoisotopic (exact) mass is 397 g/mol. The lowest BCUT2D eigenvalue weighted by molar-refractivity contribution is -0.117. The van der Waals surface area contributed by atoms with Crippen LogP contribution in [0.1, 0.15) is 23.3 Å². The number of anilines is 2. The van der Waals surface area contributed by atoms with Gasteiger partial charge < -0.3 is 10.2 Å². The van der Waals surface area contributed by atoms with Gasteiger partial charge in [-0.15, -0.1) is 11.3 Å². The maximum Gasteiger partial charge on any atom is 0.275 e. The number of rotatable bonds is 4. The minimum Gasteiger partial charge on any atom is -0.319 e. The minimum atomic E-state index is -0.300. The first kappa shape index (κ1) is 17.7. The van der Waals surface area contributed by atoms with Gasteiger partial charge in [0.05, 0.1) is 11.4 Å². The molecule has 27 heavy (non-hydrogen) atoms. The Morgan fingerprint density at radius 1 is 1.15 bits per heavy atom. The summed E-state index contributed by atoms with van der Waals surface area (Å²) in [5, 5.41) is 6.02. The van der Waals surface area contributed by atoms with Crippen LogP contribution in [0.3, 0.4) is 0 Å². The van der Waals surface area contributed by atoms with Crippen molar-refractivity contribution in [1.82, 2.24) is 4.98 Å². The summed E-state index contributed by atoms with van der Waals surface area (Å²) in [5.41, 5.74) is 2.58. The van der Waals surface area contributed by atoms with Crippen LogP contribution in [0.4, 0.5) is 11.4 Å². The van der Waals surface area contributed by atoms with Crippen LogP contribution in [0.5, 0.6) is 0 Å². The van der Waals surface area contributed by atoms with Gasteiger partial charge >= 0.3 is 0 Å². The van der Waals surface area contributed by atoms with Gasteiger partial charge in [0.15, 0.2) is 0 Å². The molecule has 1 aromatic heterocycles. The number of benzene rings is 2. The highest BCUT2D eigenvalue weighted by molar-refractivity contribution is 7.13. The van der Waals surface area contributed by atoms with E-state index < -0.39 is 0 Å². The molecule has 7 heteroatoms. The van der Waals surface area contributed by atoms with Crippen LogP contribution in [0.15, 0.2) is 53.9 Å². The van der Waals surface area contributed by atoms with E-state index in [-0.39, 0.29) is 11.8 Å². The molecular formula is C20H16ClN3O2S. The lowest BCUT2D eigenvalue weighted by Gasteiger charge is -2.19. The number of amides is 2. The Bertz CT molecular complexity index is 1000. The molecule has 1 N–H and O–H groups in total. The Balaban J connectivity index is 1.55. The van der Waals surface area contributed by atoms with E-state index in [1.54, 1.807) is 28.5 Å². The molecule has 4 rings (SSSR count). The predicted molar refractivity (Wildman–Crippen MR) is 109 cm³/mol. The Morgan fingerprint density at radius 3 is 2.67 bits per heavy atom. The summed E-state index contributed by atoms with van der Waals surface area (Å²) >= 11 is 7.31. The van der Waals surface area contributed by atoms with Crippen LogP contribution >= 0.6 is 22.9 Å². The van der Waals surface area contributed by atoms with E-state index in [2.05, 4.69) is 10.3 Å². The SMILES string of the molecule is O=C(Nc1ccccc1N1CCCC1=O)c1csc(-c2ccc(Cl)cc2)n1. The second kappa shape index (κ2) is 7.50. The summed E-state index contributed by atoms with van der Waals surface area (Å²) in [5.74, 6) is -0.221. The van der Waals surface area contributed by atoms with E-state index in [0.717, 1.165) is 22.7 Å². The number of nitrogens with zero attached hydrogens (tertiary/aromatic N) is 2. The van der Waals surface area contributed by atoms with Crippen molar-refractivity contribution < 1.29 is 9.59 Å². The zero-order valence-corrected chi connectivity index (χ0v) is 15.9. The molecule has 1 fully saturated rings. The third-order valence-corrected chi connectivity index (χ3v) is 5.49. The molecule has 0 bridgehead atoms. The molecule has 1 saturated heterocycles. The second-order valence-electron chi connectivity index (χ2n) is 6.16. The molecule has 2 amide bonds. The highest BCUT2D eigenvalue weighted by atomic mass is 35.5. The number of halogens is 1. The molecule has 0 saturated carbocycles. The molecule has 5 nitrogen and oxygen atoms in total. The number of nitrogens with one attached hydrogen (secondary N) is 1. The van der Waals surface area contributed by atoms with Crippen LogP contribution in [-0.4, -0.2) is 23.3 Å². The molecule has 3 aromatic rings. The summed E-state index contributed by atoms with van der Waals surface area (Å²) in [6.45, 7) is 0.670. The molecule has 1 aliphatic rings. The molecule has 0 atom stereocenters. The average Bonchev–Trinajstić information content (AvgIpc) is 3.32. The maximum absolute atomic E-state index is 12.7. The number of hydrogen-bond acceptors (Lipinski definition) is 4. The van der Waals surface area contributed by atoms with Crippen molar-refractivity contribution in [3.05, 3.63) is 64.6 Å². The highest BCUT2D eigenvalue weighted by Gasteiger charge is 2.24. The van der Waals surface area contributed by atoms with E-state index in [1.165, 1.54) is 11.3 Å². The van der Waals surface area contributed by atoms with Gasteiger partial charge in [0, 0.05) is 28.9 Å². The Hall–Kier alpha value is -2.70.